The van der Waals surface area contributed by atoms with E-state index in [9.17, 15) is 0 Å². The maximum Gasteiger partial charge on any atom is 0.500 e. The van der Waals surface area contributed by atoms with E-state index in [1.807, 2.05) is 121 Å². The molecule has 0 radical (unpaired) electrons. The molecule has 2 aromatic rings. The molecule has 18 nitrogen and oxygen atoms in total. The Kier molecular flexibility index (Phi) is 40.1. The van der Waals surface area contributed by atoms with E-state index >= 15 is 0 Å². The van der Waals surface area contributed by atoms with Gasteiger partial charge in [0.2, 0.25) is 0 Å². The Morgan fingerprint density at radius 3 is 0.686 bits per heavy atom. The van der Waals surface area contributed by atoms with Crippen molar-refractivity contribution >= 4 is 35.2 Å². The van der Waals surface area contributed by atoms with Gasteiger partial charge in [-0.05, 0) is 161 Å². The number of imidazole rings is 2. The summed E-state index contributed by atoms with van der Waals surface area (Å²) in [6.07, 6.45) is 17.5. The minimum Gasteiger partial charge on any atom is -0.374 e. The number of hydrogen-bond acceptors (Lipinski definition) is 16. The number of hydrogen-bond donors (Lipinski definition) is 0. The Labute approximate surface area is 430 Å². The van der Waals surface area contributed by atoms with Crippen LogP contribution in [0.25, 0.3) is 0 Å². The van der Waals surface area contributed by atoms with Crippen LogP contribution in [-0.4, -0.2) is 183 Å². The zero-order valence-corrected chi connectivity index (χ0v) is 50.3. The van der Waals surface area contributed by atoms with Crippen molar-refractivity contribution in [1.29, 1.82) is 0 Å². The third-order valence-electron chi connectivity index (χ3n) is 11.1. The Hall–Kier alpha value is -1.27. The molecule has 0 saturated heterocycles. The van der Waals surface area contributed by atoms with Crippen molar-refractivity contribution < 1.29 is 53.1 Å². The lowest BCUT2D eigenvalue weighted by Crippen LogP contribution is -2.47. The van der Waals surface area contributed by atoms with E-state index in [0.29, 0.717) is 79.3 Å². The zero-order chi connectivity index (χ0) is 51.7. The van der Waals surface area contributed by atoms with Crippen molar-refractivity contribution in [1.82, 2.24) is 28.9 Å². The standard InChI is InChI=1S/2C24H51N3O6Si2/c2*1-7-28-34(29-8-2,30-9-3)22-14-19-26(17-13-18-27-21-16-25-24-27)20-15-23-35(31-10-4,32-11-5)33-12-6/h2*16,21,24H,7-15,17-20,22-23H2,1-6H3. The minimum atomic E-state index is -2.62. The lowest BCUT2D eigenvalue weighted by Gasteiger charge is -2.31. The summed E-state index contributed by atoms with van der Waals surface area (Å²) in [6.45, 7) is 39.2. The van der Waals surface area contributed by atoms with Gasteiger partial charge < -0.3 is 72.0 Å². The summed E-state index contributed by atoms with van der Waals surface area (Å²) in [6, 6.07) is 3.32. The van der Waals surface area contributed by atoms with Crippen LogP contribution in [0.2, 0.25) is 24.2 Å². The molecule has 0 bridgehead atoms. The van der Waals surface area contributed by atoms with E-state index in [1.165, 1.54) is 0 Å². The van der Waals surface area contributed by atoms with Crippen LogP contribution in [0.4, 0.5) is 0 Å². The first-order valence-corrected chi connectivity index (χ1v) is 34.8. The van der Waals surface area contributed by atoms with Crippen LogP contribution < -0.4 is 0 Å². The quantitative estimate of drug-likeness (QED) is 0.0579. The molecule has 0 aromatic carbocycles. The number of nitrogens with zero attached hydrogens (tertiary/aromatic N) is 6. The van der Waals surface area contributed by atoms with Gasteiger partial charge in [0.15, 0.2) is 0 Å². The van der Waals surface area contributed by atoms with Gasteiger partial charge >= 0.3 is 35.2 Å². The number of aromatic nitrogens is 4. The van der Waals surface area contributed by atoms with Gasteiger partial charge in [-0.3, -0.25) is 0 Å². The van der Waals surface area contributed by atoms with Gasteiger partial charge in [-0.2, -0.15) is 0 Å². The van der Waals surface area contributed by atoms with Gasteiger partial charge in [-0.1, -0.05) is 0 Å². The van der Waals surface area contributed by atoms with E-state index in [2.05, 4.69) is 28.9 Å². The lowest BCUT2D eigenvalue weighted by atomic mass is 10.3. The highest BCUT2D eigenvalue weighted by atomic mass is 28.4. The third-order valence-corrected chi connectivity index (χ3v) is 23.7. The van der Waals surface area contributed by atoms with Gasteiger partial charge in [0.05, 0.1) is 12.7 Å². The summed E-state index contributed by atoms with van der Waals surface area (Å²) in [7, 11) is -10.5. The van der Waals surface area contributed by atoms with E-state index in [4.69, 9.17) is 53.1 Å². The van der Waals surface area contributed by atoms with Crippen LogP contribution in [0.15, 0.2) is 37.4 Å². The molecular weight excluding hydrogens is 965 g/mol. The summed E-state index contributed by atoms with van der Waals surface area (Å²) < 4.78 is 76.9. The van der Waals surface area contributed by atoms with Crippen LogP contribution in [0.1, 0.15) is 122 Å². The predicted molar refractivity (Wildman–Crippen MR) is 287 cm³/mol. The topological polar surface area (TPSA) is 153 Å². The average molecular weight is 1070 g/mol. The van der Waals surface area contributed by atoms with Crippen molar-refractivity contribution in [3.63, 3.8) is 0 Å². The van der Waals surface area contributed by atoms with Crippen molar-refractivity contribution in [2.45, 2.75) is 159 Å². The molecule has 22 heteroatoms. The fourth-order valence-corrected chi connectivity index (χ4v) is 18.9. The molecule has 0 atom stereocenters. The van der Waals surface area contributed by atoms with Crippen LogP contribution in [-0.2, 0) is 66.2 Å². The monoisotopic (exact) mass is 1070 g/mol. The normalized spacial score (nSPS) is 12.7. The molecular formula is C48H102N6O12Si4. The molecule has 70 heavy (non-hydrogen) atoms. The van der Waals surface area contributed by atoms with Crippen molar-refractivity contribution in [3.8, 4) is 0 Å². The fourth-order valence-electron chi connectivity index (χ4n) is 8.54. The van der Waals surface area contributed by atoms with Crippen molar-refractivity contribution in [2.75, 3.05) is 119 Å². The molecule has 0 aliphatic carbocycles. The van der Waals surface area contributed by atoms with Crippen molar-refractivity contribution in [3.05, 3.63) is 37.4 Å². The second-order valence-electron chi connectivity index (χ2n) is 16.3. The van der Waals surface area contributed by atoms with Crippen LogP contribution in [0.5, 0.6) is 0 Å². The van der Waals surface area contributed by atoms with Crippen LogP contribution in [0, 0.1) is 0 Å². The Balaban J connectivity index is 0.000000700. The smallest absolute Gasteiger partial charge is 0.374 e. The fraction of sp³-hybridized carbons (Fsp3) is 0.875. The highest BCUT2D eigenvalue weighted by Gasteiger charge is 2.43. The second-order valence-corrected chi connectivity index (χ2v) is 27.3. The van der Waals surface area contributed by atoms with Crippen molar-refractivity contribution in [2.24, 2.45) is 0 Å². The summed E-state index contributed by atoms with van der Waals surface area (Å²) in [5, 5.41) is 0. The van der Waals surface area contributed by atoms with Crippen LogP contribution in [0.3, 0.4) is 0 Å². The van der Waals surface area contributed by atoms with Gasteiger partial charge in [-0.15, -0.1) is 0 Å². The summed E-state index contributed by atoms with van der Waals surface area (Å²) >= 11 is 0. The minimum absolute atomic E-state index is 0.611. The third kappa shape index (κ3) is 28.4. The molecule has 0 amide bonds. The highest BCUT2D eigenvalue weighted by Crippen LogP contribution is 2.23. The zero-order valence-electron chi connectivity index (χ0n) is 46.3. The molecule has 0 unspecified atom stereocenters. The van der Waals surface area contributed by atoms with Gasteiger partial charge in [0.25, 0.3) is 0 Å². The summed E-state index contributed by atoms with van der Waals surface area (Å²) in [5.74, 6) is 0. The van der Waals surface area contributed by atoms with Crippen LogP contribution >= 0.6 is 0 Å². The number of rotatable bonds is 48. The Morgan fingerprint density at radius 2 is 0.514 bits per heavy atom. The first kappa shape index (κ1) is 66.7. The second kappa shape index (κ2) is 42.0. The number of aryl methyl sites for hydroxylation is 2. The molecule has 0 N–H and O–H groups in total. The van der Waals surface area contributed by atoms with Gasteiger partial charge in [-0.25, -0.2) is 9.97 Å². The molecule has 0 aliphatic heterocycles. The van der Waals surface area contributed by atoms with Gasteiger partial charge in [0.1, 0.15) is 0 Å². The predicted octanol–water partition coefficient (Wildman–Crippen LogP) is 8.90. The highest BCUT2D eigenvalue weighted by molar-refractivity contribution is 6.61. The molecule has 2 aromatic heterocycles. The van der Waals surface area contributed by atoms with E-state index < -0.39 is 35.2 Å². The summed E-state index contributed by atoms with van der Waals surface area (Å²) in [5.41, 5.74) is 0. The molecule has 0 saturated carbocycles. The van der Waals surface area contributed by atoms with E-state index in [0.717, 1.165) is 115 Å². The maximum atomic E-state index is 6.05. The largest absolute Gasteiger partial charge is 0.500 e. The first-order valence-electron chi connectivity index (χ1n) is 27.1. The Bertz CT molecular complexity index is 1200. The molecule has 0 fully saturated rings. The van der Waals surface area contributed by atoms with E-state index in [1.54, 1.807) is 0 Å². The molecule has 2 heterocycles. The first-order chi connectivity index (χ1) is 34.0. The lowest BCUT2D eigenvalue weighted by molar-refractivity contribution is 0.0676. The molecule has 2 rings (SSSR count). The molecule has 0 aliphatic rings. The maximum absolute atomic E-state index is 6.05. The Morgan fingerprint density at radius 1 is 0.314 bits per heavy atom. The van der Waals surface area contributed by atoms with E-state index in [-0.39, 0.29) is 0 Å². The van der Waals surface area contributed by atoms with Gasteiger partial charge in [0, 0.05) is 141 Å². The molecule has 0 spiro atoms. The SMILES string of the molecule is CCO[Si](CCCN(CCCn1ccnc1)CCC[Si](OCC)(OCC)OCC)(OCC)OCC.CCO[Si](CCCN(CCCn1ccnc1)CCC[Si](OCC)(OCC)OCC)(OCC)OCC. The molecule has 412 valence electrons. The average Bonchev–Trinajstić information content (AvgIpc) is 4.06. The summed E-state index contributed by atoms with van der Waals surface area (Å²) in [4.78, 5) is 13.4.